The number of nitrogens with one attached hydrogen (secondary N) is 2. The van der Waals surface area contributed by atoms with E-state index in [1.165, 1.54) is 12.8 Å². The molecular formula is C15H21ClN2O2. The first-order valence-electron chi connectivity index (χ1n) is 7.00. The highest BCUT2D eigenvalue weighted by atomic mass is 35.5. The number of hydrogen-bond donors (Lipinski definition) is 2. The zero-order valence-electron chi connectivity index (χ0n) is 11.9. The Labute approximate surface area is 124 Å². The van der Waals surface area contributed by atoms with E-state index in [-0.39, 0.29) is 11.9 Å². The minimum atomic E-state index is -0.290. The number of carbonyl (C=O) groups is 1. The van der Waals surface area contributed by atoms with E-state index in [0.717, 1.165) is 18.5 Å². The molecule has 0 heterocycles. The lowest BCUT2D eigenvalue weighted by Gasteiger charge is -2.19. The van der Waals surface area contributed by atoms with Crippen LogP contribution in [-0.2, 0) is 4.79 Å². The number of methoxy groups -OCH3 is 1. The Hall–Kier alpha value is -1.42. The van der Waals surface area contributed by atoms with Crippen molar-refractivity contribution in [2.24, 2.45) is 0 Å². The van der Waals surface area contributed by atoms with Gasteiger partial charge in [-0.1, -0.05) is 24.4 Å². The van der Waals surface area contributed by atoms with Crippen LogP contribution in [0.1, 0.15) is 32.6 Å². The minimum Gasteiger partial charge on any atom is -0.495 e. The fourth-order valence-electron chi connectivity index (χ4n) is 2.46. The zero-order valence-corrected chi connectivity index (χ0v) is 12.7. The van der Waals surface area contributed by atoms with Gasteiger partial charge in [-0.05, 0) is 31.9 Å². The smallest absolute Gasteiger partial charge is 0.242 e. The topological polar surface area (TPSA) is 50.4 Å². The second kappa shape index (κ2) is 6.84. The van der Waals surface area contributed by atoms with E-state index in [9.17, 15) is 4.79 Å². The van der Waals surface area contributed by atoms with Gasteiger partial charge < -0.3 is 15.4 Å². The summed E-state index contributed by atoms with van der Waals surface area (Å²) in [5.74, 6) is 0.630. The Morgan fingerprint density at radius 2 is 2.10 bits per heavy atom. The predicted molar refractivity (Wildman–Crippen MR) is 81.5 cm³/mol. The van der Waals surface area contributed by atoms with Gasteiger partial charge in [0.1, 0.15) is 11.8 Å². The molecule has 0 spiro atoms. The van der Waals surface area contributed by atoms with Crippen molar-refractivity contribution in [2.75, 3.05) is 12.4 Å². The van der Waals surface area contributed by atoms with E-state index in [4.69, 9.17) is 16.3 Å². The van der Waals surface area contributed by atoms with Gasteiger partial charge in [-0.15, -0.1) is 0 Å². The van der Waals surface area contributed by atoms with Crippen molar-refractivity contribution in [1.82, 2.24) is 5.32 Å². The quantitative estimate of drug-likeness (QED) is 0.877. The van der Waals surface area contributed by atoms with Gasteiger partial charge in [-0.3, -0.25) is 4.79 Å². The predicted octanol–water partition coefficient (Wildman–Crippen LogP) is 3.21. The molecule has 1 saturated carbocycles. The number of ether oxygens (including phenoxy) is 1. The summed E-state index contributed by atoms with van der Waals surface area (Å²) in [6.07, 6.45) is 4.60. The average molecular weight is 297 g/mol. The zero-order chi connectivity index (χ0) is 14.5. The van der Waals surface area contributed by atoms with Crippen LogP contribution in [0.2, 0.25) is 5.02 Å². The Balaban J connectivity index is 1.92. The van der Waals surface area contributed by atoms with E-state index in [2.05, 4.69) is 10.6 Å². The van der Waals surface area contributed by atoms with Gasteiger partial charge in [0.2, 0.25) is 5.91 Å². The minimum absolute atomic E-state index is 0.0332. The van der Waals surface area contributed by atoms with Crippen molar-refractivity contribution in [1.29, 1.82) is 0 Å². The molecule has 1 aliphatic rings. The summed E-state index contributed by atoms with van der Waals surface area (Å²) < 4.78 is 5.16. The number of halogens is 1. The van der Waals surface area contributed by atoms with E-state index in [1.54, 1.807) is 19.2 Å². The van der Waals surface area contributed by atoms with Crippen LogP contribution in [0.25, 0.3) is 0 Å². The molecule has 20 heavy (non-hydrogen) atoms. The van der Waals surface area contributed by atoms with Gasteiger partial charge in [0.05, 0.1) is 12.1 Å². The highest BCUT2D eigenvalue weighted by molar-refractivity contribution is 6.32. The van der Waals surface area contributed by atoms with Crippen LogP contribution in [0.15, 0.2) is 18.2 Å². The molecule has 4 nitrogen and oxygen atoms in total. The average Bonchev–Trinajstić information content (AvgIpc) is 2.93. The third-order valence-corrected chi connectivity index (χ3v) is 3.94. The maximum atomic E-state index is 12.1. The molecule has 1 aromatic carbocycles. The van der Waals surface area contributed by atoms with Gasteiger partial charge in [0, 0.05) is 17.8 Å². The molecule has 1 amide bonds. The molecule has 2 N–H and O–H groups in total. The highest BCUT2D eigenvalue weighted by Crippen LogP contribution is 2.27. The maximum absolute atomic E-state index is 12.1. The molecule has 1 unspecified atom stereocenters. The van der Waals surface area contributed by atoms with Crippen molar-refractivity contribution < 1.29 is 9.53 Å². The van der Waals surface area contributed by atoms with Crippen molar-refractivity contribution in [3.63, 3.8) is 0 Å². The third-order valence-electron chi connectivity index (χ3n) is 3.63. The largest absolute Gasteiger partial charge is 0.495 e. The summed E-state index contributed by atoms with van der Waals surface area (Å²) in [4.78, 5) is 12.1. The van der Waals surface area contributed by atoms with Gasteiger partial charge in [0.15, 0.2) is 0 Å². The molecule has 1 aliphatic carbocycles. The molecule has 1 fully saturated rings. The summed E-state index contributed by atoms with van der Waals surface area (Å²) >= 11 is 5.98. The summed E-state index contributed by atoms with van der Waals surface area (Å²) in [6.45, 7) is 1.85. The number of anilines is 1. The van der Waals surface area contributed by atoms with Crippen LogP contribution >= 0.6 is 11.6 Å². The van der Waals surface area contributed by atoms with Crippen LogP contribution < -0.4 is 15.4 Å². The molecule has 1 aromatic rings. The summed E-state index contributed by atoms with van der Waals surface area (Å²) in [6, 6.07) is 5.43. The second-order valence-corrected chi connectivity index (χ2v) is 5.61. The van der Waals surface area contributed by atoms with Crippen molar-refractivity contribution in [3.05, 3.63) is 23.2 Å². The van der Waals surface area contributed by atoms with Crippen LogP contribution in [0.4, 0.5) is 5.69 Å². The van der Waals surface area contributed by atoms with Gasteiger partial charge >= 0.3 is 0 Å². The standard InChI is InChI=1S/C15H21ClN2O2/c1-10(15(19)18-11-5-3-4-6-11)17-12-7-8-13(16)14(9-12)20-2/h7-11,17H,3-6H2,1-2H3,(H,18,19). The number of benzene rings is 1. The molecular weight excluding hydrogens is 276 g/mol. The normalized spacial score (nSPS) is 16.8. The Morgan fingerprint density at radius 3 is 2.75 bits per heavy atom. The molecule has 0 aliphatic heterocycles. The lowest BCUT2D eigenvalue weighted by molar-refractivity contribution is -0.122. The summed E-state index contributed by atoms with van der Waals surface area (Å²) in [5, 5.41) is 6.80. The van der Waals surface area contributed by atoms with Gasteiger partial charge in [-0.25, -0.2) is 0 Å². The summed E-state index contributed by atoms with van der Waals surface area (Å²) in [7, 11) is 1.57. The van der Waals surface area contributed by atoms with Crippen LogP contribution in [0, 0.1) is 0 Å². The fourth-order valence-corrected chi connectivity index (χ4v) is 2.66. The molecule has 110 valence electrons. The first-order chi connectivity index (χ1) is 9.60. The molecule has 5 heteroatoms. The molecule has 1 atom stereocenters. The lowest BCUT2D eigenvalue weighted by atomic mass is 10.2. The highest BCUT2D eigenvalue weighted by Gasteiger charge is 2.20. The molecule has 0 bridgehead atoms. The van der Waals surface area contributed by atoms with E-state index < -0.39 is 0 Å². The first-order valence-corrected chi connectivity index (χ1v) is 7.38. The molecule has 0 aromatic heterocycles. The van der Waals surface area contributed by atoms with Gasteiger partial charge in [-0.2, -0.15) is 0 Å². The first kappa shape index (κ1) is 15.0. The lowest BCUT2D eigenvalue weighted by Crippen LogP contribution is -2.42. The number of amides is 1. The van der Waals surface area contributed by atoms with Crippen LogP contribution in [0.3, 0.4) is 0 Å². The fraction of sp³-hybridized carbons (Fsp3) is 0.533. The number of rotatable bonds is 5. The Bertz CT molecular complexity index is 473. The van der Waals surface area contributed by atoms with E-state index in [0.29, 0.717) is 16.8 Å². The van der Waals surface area contributed by atoms with Crippen LogP contribution in [0.5, 0.6) is 5.75 Å². The SMILES string of the molecule is COc1cc(NC(C)C(=O)NC2CCCC2)ccc1Cl. The second-order valence-electron chi connectivity index (χ2n) is 5.21. The van der Waals surface area contributed by atoms with E-state index in [1.807, 2.05) is 13.0 Å². The Kier molecular flexibility index (Phi) is 5.12. The maximum Gasteiger partial charge on any atom is 0.242 e. The third kappa shape index (κ3) is 3.79. The number of carbonyl (C=O) groups excluding carboxylic acids is 1. The Morgan fingerprint density at radius 1 is 1.40 bits per heavy atom. The van der Waals surface area contributed by atoms with Crippen LogP contribution in [-0.4, -0.2) is 25.1 Å². The molecule has 0 saturated heterocycles. The van der Waals surface area contributed by atoms with Gasteiger partial charge in [0.25, 0.3) is 0 Å². The van der Waals surface area contributed by atoms with Crippen molar-refractivity contribution in [2.45, 2.75) is 44.7 Å². The summed E-state index contributed by atoms with van der Waals surface area (Å²) in [5.41, 5.74) is 0.820. The van der Waals surface area contributed by atoms with Crippen molar-refractivity contribution in [3.8, 4) is 5.75 Å². The molecule has 2 rings (SSSR count). The van der Waals surface area contributed by atoms with Crippen molar-refractivity contribution >= 4 is 23.2 Å². The number of hydrogen-bond acceptors (Lipinski definition) is 3. The van der Waals surface area contributed by atoms with E-state index >= 15 is 0 Å². The monoisotopic (exact) mass is 296 g/mol. The molecule has 0 radical (unpaired) electrons.